The minimum Gasteiger partial charge on any atom is -0.309 e. The third-order valence-corrected chi connectivity index (χ3v) is 12.7. The molecule has 2 aromatic heterocycles. The molecule has 0 bridgehead atoms. The number of hydrogen-bond acceptors (Lipinski definition) is 1. The maximum atomic E-state index is 14.3. The highest BCUT2D eigenvalue weighted by Gasteiger charge is 2.32. The van der Waals surface area contributed by atoms with E-state index in [1.54, 1.807) is 12.1 Å². The number of halogens is 3. The van der Waals surface area contributed by atoms with Crippen molar-refractivity contribution in [2.75, 3.05) is 0 Å². The summed E-state index contributed by atoms with van der Waals surface area (Å²) < 4.78 is 47.2. The maximum Gasteiger partial charge on any atom is 0.415 e. The number of alkyl halides is 3. The van der Waals surface area contributed by atoms with E-state index < -0.39 is 11.7 Å². The summed E-state index contributed by atoms with van der Waals surface area (Å²) in [7, 11) is 0. The van der Waals surface area contributed by atoms with Crippen LogP contribution in [0.5, 0.6) is 0 Å². The molecular formula is C57H41F3N4. The van der Waals surface area contributed by atoms with Gasteiger partial charge in [0.1, 0.15) is 0 Å². The summed E-state index contributed by atoms with van der Waals surface area (Å²) in [4.78, 5) is 3.76. The second-order valence-corrected chi connectivity index (χ2v) is 17.1. The Labute approximate surface area is 369 Å². The topological polar surface area (TPSA) is 38.0 Å². The van der Waals surface area contributed by atoms with Gasteiger partial charge in [-0.25, -0.2) is 4.85 Å². The van der Waals surface area contributed by atoms with Gasteiger partial charge in [-0.1, -0.05) is 96.1 Å². The zero-order valence-corrected chi connectivity index (χ0v) is 36.2. The molecular weight excluding hydrogens is 798 g/mol. The molecule has 10 rings (SSSR count). The number of hydrogen-bond donors (Lipinski definition) is 0. The molecule has 0 radical (unpaired) electrons. The van der Waals surface area contributed by atoms with Crippen LogP contribution in [0.25, 0.3) is 93.2 Å². The van der Waals surface area contributed by atoms with Gasteiger partial charge in [-0.05, 0) is 146 Å². The third-order valence-electron chi connectivity index (χ3n) is 12.7. The summed E-state index contributed by atoms with van der Waals surface area (Å²) >= 11 is 0. The molecule has 0 aliphatic heterocycles. The molecule has 0 saturated heterocycles. The normalized spacial score (nSPS) is 11.8. The second-order valence-electron chi connectivity index (χ2n) is 17.1. The lowest BCUT2D eigenvalue weighted by Gasteiger charge is -2.22. The Morgan fingerprint density at radius 1 is 0.500 bits per heavy atom. The van der Waals surface area contributed by atoms with Crippen LogP contribution in [0.2, 0.25) is 0 Å². The molecule has 4 nitrogen and oxygen atoms in total. The van der Waals surface area contributed by atoms with Gasteiger partial charge >= 0.3 is 6.18 Å². The molecule has 0 atom stereocenters. The van der Waals surface area contributed by atoms with Crippen molar-refractivity contribution in [2.45, 2.75) is 47.7 Å². The zero-order valence-electron chi connectivity index (χ0n) is 36.2. The average molecular weight is 839 g/mol. The van der Waals surface area contributed by atoms with Crippen LogP contribution in [0, 0.1) is 59.4 Å². The molecule has 64 heavy (non-hydrogen) atoms. The first-order valence-electron chi connectivity index (χ1n) is 21.2. The van der Waals surface area contributed by atoms with Crippen molar-refractivity contribution in [1.29, 1.82) is 5.26 Å². The Hall–Kier alpha value is -7.87. The standard InChI is InChI=1S/C57H41F3N4/c1-32-22-34(3)54(35(4)23-32)39-16-20-50-45(28-39)42-12-8-10-14-48(42)63(50)52-26-38(31-61)27-53(56(52)44-19-18-41(57(58,59)60)30-47(44)62-7)64-49-15-11-9-13-43(49)46-29-40(17-21-51(46)64)55-36(5)24-33(2)25-37(55)6/h8-30H,1-6H3. The number of fused-ring (bicyclic) bond motifs is 6. The number of rotatable bonds is 5. The number of para-hydroxylation sites is 2. The maximum absolute atomic E-state index is 14.3. The quantitative estimate of drug-likeness (QED) is 0.159. The van der Waals surface area contributed by atoms with E-state index in [1.165, 1.54) is 39.4 Å². The SMILES string of the molecule is [C-]#[N+]c1cc(C(F)(F)F)ccc1-c1c(-n2c3ccccc3c3cc(-c4c(C)cc(C)cc4C)ccc32)cc(C#N)cc1-n1c2ccccc2c2cc(-c3c(C)cc(C)cc3C)ccc21. The van der Waals surface area contributed by atoms with Crippen molar-refractivity contribution in [3.05, 3.63) is 195 Å². The van der Waals surface area contributed by atoms with Crippen LogP contribution >= 0.6 is 0 Å². The number of benzene rings is 8. The predicted octanol–water partition coefficient (Wildman–Crippen LogP) is 16.2. The van der Waals surface area contributed by atoms with Crippen LogP contribution in [0.3, 0.4) is 0 Å². The second kappa shape index (κ2) is 14.9. The Morgan fingerprint density at radius 3 is 1.36 bits per heavy atom. The van der Waals surface area contributed by atoms with E-state index in [0.717, 1.165) is 78.0 Å². The van der Waals surface area contributed by atoms with Crippen LogP contribution in [-0.4, -0.2) is 9.13 Å². The van der Waals surface area contributed by atoms with Crippen molar-refractivity contribution in [2.24, 2.45) is 0 Å². The number of nitriles is 1. The summed E-state index contributed by atoms with van der Waals surface area (Å²) in [5, 5.41) is 14.7. The molecule has 7 heteroatoms. The molecule has 8 aromatic carbocycles. The van der Waals surface area contributed by atoms with Crippen LogP contribution < -0.4 is 0 Å². The monoisotopic (exact) mass is 838 g/mol. The van der Waals surface area contributed by atoms with E-state index in [2.05, 4.69) is 134 Å². The van der Waals surface area contributed by atoms with Gasteiger partial charge in [-0.3, -0.25) is 0 Å². The Morgan fingerprint density at radius 2 is 0.938 bits per heavy atom. The number of nitrogens with zero attached hydrogens (tertiary/aromatic N) is 4. The van der Waals surface area contributed by atoms with Gasteiger partial charge < -0.3 is 9.13 Å². The lowest BCUT2D eigenvalue weighted by molar-refractivity contribution is -0.137. The molecule has 0 unspecified atom stereocenters. The highest BCUT2D eigenvalue weighted by atomic mass is 19.4. The molecule has 0 aliphatic rings. The zero-order chi connectivity index (χ0) is 44.8. The van der Waals surface area contributed by atoms with Crippen molar-refractivity contribution in [3.8, 4) is 50.8 Å². The largest absolute Gasteiger partial charge is 0.415 e. The highest BCUT2D eigenvalue weighted by molar-refractivity contribution is 6.13. The number of aryl methyl sites for hydroxylation is 6. The van der Waals surface area contributed by atoms with Gasteiger partial charge in [0.2, 0.25) is 0 Å². The Balaban J connectivity index is 1.34. The van der Waals surface area contributed by atoms with Gasteiger partial charge in [0.25, 0.3) is 0 Å². The average Bonchev–Trinajstić information content (AvgIpc) is 3.77. The molecule has 0 aliphatic carbocycles. The smallest absolute Gasteiger partial charge is 0.309 e. The fourth-order valence-corrected chi connectivity index (χ4v) is 10.4. The van der Waals surface area contributed by atoms with Gasteiger partial charge in [-0.2, -0.15) is 18.4 Å². The molecule has 0 spiro atoms. The molecule has 0 N–H and O–H groups in total. The van der Waals surface area contributed by atoms with E-state index >= 15 is 0 Å². The molecule has 0 saturated carbocycles. The van der Waals surface area contributed by atoms with Gasteiger partial charge in [0.15, 0.2) is 5.69 Å². The van der Waals surface area contributed by atoms with Gasteiger partial charge in [-0.15, -0.1) is 0 Å². The fraction of sp³-hybridized carbons (Fsp3) is 0.123. The van der Waals surface area contributed by atoms with Crippen LogP contribution in [0.1, 0.15) is 44.5 Å². The van der Waals surface area contributed by atoms with Crippen molar-refractivity contribution in [3.63, 3.8) is 0 Å². The Kier molecular flexibility index (Phi) is 9.36. The van der Waals surface area contributed by atoms with Crippen molar-refractivity contribution >= 4 is 49.3 Å². The molecule has 2 heterocycles. The van der Waals surface area contributed by atoms with Crippen molar-refractivity contribution in [1.82, 2.24) is 9.13 Å². The van der Waals surface area contributed by atoms with Crippen LogP contribution in [-0.2, 0) is 6.18 Å². The summed E-state index contributed by atoms with van der Waals surface area (Å²) in [6, 6.07) is 47.1. The molecule has 0 fully saturated rings. The van der Waals surface area contributed by atoms with E-state index in [0.29, 0.717) is 28.1 Å². The lowest BCUT2D eigenvalue weighted by Crippen LogP contribution is -2.07. The highest BCUT2D eigenvalue weighted by Crippen LogP contribution is 2.47. The van der Waals surface area contributed by atoms with Gasteiger partial charge in [0, 0.05) is 32.7 Å². The van der Waals surface area contributed by atoms with Crippen LogP contribution in [0.4, 0.5) is 18.9 Å². The minimum absolute atomic E-state index is 0.149. The summed E-state index contributed by atoms with van der Waals surface area (Å²) in [6.45, 7) is 21.0. The first-order valence-corrected chi connectivity index (χ1v) is 21.2. The molecule has 310 valence electrons. The van der Waals surface area contributed by atoms with E-state index in [1.807, 2.05) is 36.4 Å². The van der Waals surface area contributed by atoms with Crippen LogP contribution in [0.15, 0.2) is 140 Å². The first-order chi connectivity index (χ1) is 30.7. The van der Waals surface area contributed by atoms with E-state index in [9.17, 15) is 18.4 Å². The predicted molar refractivity (Wildman–Crippen MR) is 256 cm³/mol. The van der Waals surface area contributed by atoms with Gasteiger partial charge in [0.05, 0.1) is 51.6 Å². The Bertz CT molecular complexity index is 3450. The van der Waals surface area contributed by atoms with E-state index in [-0.39, 0.29) is 5.69 Å². The summed E-state index contributed by atoms with van der Waals surface area (Å²) in [5.74, 6) is 0. The summed E-state index contributed by atoms with van der Waals surface area (Å²) in [5.41, 5.74) is 16.2. The molecule has 10 aromatic rings. The number of aromatic nitrogens is 2. The first kappa shape index (κ1) is 40.2. The van der Waals surface area contributed by atoms with Crippen molar-refractivity contribution < 1.29 is 13.2 Å². The third kappa shape index (κ3) is 6.35. The minimum atomic E-state index is -4.66. The lowest BCUT2D eigenvalue weighted by atomic mass is 9.93. The summed E-state index contributed by atoms with van der Waals surface area (Å²) in [6.07, 6.45) is -4.66. The fourth-order valence-electron chi connectivity index (χ4n) is 10.4. The van der Waals surface area contributed by atoms with E-state index in [4.69, 9.17) is 6.57 Å². The molecule has 0 amide bonds.